The Kier molecular flexibility index (Phi) is 11.7. The highest BCUT2D eigenvalue weighted by Crippen LogP contribution is 2.29. The van der Waals surface area contributed by atoms with Crippen LogP contribution in [0.25, 0.3) is 0 Å². The van der Waals surface area contributed by atoms with Crippen LogP contribution in [0.15, 0.2) is 72.8 Å². The second-order valence-corrected chi connectivity index (χ2v) is 14.5. The molecule has 0 aliphatic heterocycles. The van der Waals surface area contributed by atoms with Crippen LogP contribution in [-0.4, -0.2) is 50.0 Å². The molecule has 3 aromatic carbocycles. The lowest BCUT2D eigenvalue weighted by atomic mass is 9.87. The minimum atomic E-state index is -3.88. The highest BCUT2D eigenvalue weighted by molar-refractivity contribution is 7.92. The Bertz CT molecular complexity index is 1490. The zero-order valence-corrected chi connectivity index (χ0v) is 27.9. The van der Waals surface area contributed by atoms with Crippen molar-refractivity contribution in [3.05, 3.63) is 99.5 Å². The molecule has 0 saturated heterocycles. The van der Waals surface area contributed by atoms with Gasteiger partial charge < -0.3 is 10.2 Å². The number of sulfonamides is 1. The molecule has 0 unspecified atom stereocenters. The molecule has 0 aromatic heterocycles. The number of nitrogens with zero attached hydrogens (tertiary/aromatic N) is 2. The van der Waals surface area contributed by atoms with Crippen LogP contribution in [0.2, 0.25) is 10.0 Å². The number of carbonyl (C=O) groups is 2. The number of nitrogens with one attached hydrogen (secondary N) is 1. The molecular formula is C33H41Cl2N3O4S. The van der Waals surface area contributed by atoms with E-state index in [1.165, 1.54) is 4.90 Å². The van der Waals surface area contributed by atoms with E-state index in [-0.39, 0.29) is 30.3 Å². The first-order chi connectivity index (χ1) is 20.1. The molecule has 10 heteroatoms. The number of anilines is 1. The first-order valence-electron chi connectivity index (χ1n) is 14.3. The average molecular weight is 647 g/mol. The summed E-state index contributed by atoms with van der Waals surface area (Å²) in [5, 5.41) is 3.68. The van der Waals surface area contributed by atoms with E-state index in [1.54, 1.807) is 30.3 Å². The summed E-state index contributed by atoms with van der Waals surface area (Å²) >= 11 is 13.1. The number of benzene rings is 3. The molecule has 0 spiro atoms. The van der Waals surface area contributed by atoms with Gasteiger partial charge in [-0.3, -0.25) is 13.9 Å². The van der Waals surface area contributed by atoms with Gasteiger partial charge in [-0.2, -0.15) is 0 Å². The second-order valence-electron chi connectivity index (χ2n) is 11.8. The first-order valence-corrected chi connectivity index (χ1v) is 16.9. The molecule has 232 valence electrons. The maximum atomic E-state index is 14.3. The quantitative estimate of drug-likeness (QED) is 0.240. The summed E-state index contributed by atoms with van der Waals surface area (Å²) in [6.07, 6.45) is 1.96. The minimum absolute atomic E-state index is 0.0939. The van der Waals surface area contributed by atoms with Gasteiger partial charge in [-0.05, 0) is 54.2 Å². The van der Waals surface area contributed by atoms with Crippen molar-refractivity contribution in [2.45, 2.75) is 71.5 Å². The monoisotopic (exact) mass is 645 g/mol. The van der Waals surface area contributed by atoms with Gasteiger partial charge in [0.05, 0.1) is 11.9 Å². The Morgan fingerprint density at radius 1 is 0.907 bits per heavy atom. The van der Waals surface area contributed by atoms with Gasteiger partial charge in [-0.25, -0.2) is 8.42 Å². The topological polar surface area (TPSA) is 86.8 Å². The third-order valence-electron chi connectivity index (χ3n) is 7.36. The number of hydrogen-bond donors (Lipinski definition) is 1. The molecule has 0 bridgehead atoms. The largest absolute Gasteiger partial charge is 0.352 e. The number of carbonyl (C=O) groups excluding carboxylic acids is 2. The lowest BCUT2D eigenvalue weighted by Crippen LogP contribution is -2.54. The number of rotatable bonds is 12. The van der Waals surface area contributed by atoms with E-state index in [2.05, 4.69) is 26.1 Å². The van der Waals surface area contributed by atoms with Crippen molar-refractivity contribution in [3.63, 3.8) is 0 Å². The van der Waals surface area contributed by atoms with Gasteiger partial charge >= 0.3 is 0 Å². The van der Waals surface area contributed by atoms with Gasteiger partial charge in [0.2, 0.25) is 21.8 Å². The standard InChI is InChI=1S/C33H41Cl2N3O4S/c1-7-23(2)36-32(40)30(20-24-12-9-8-10-13-24)37(21-27-28(34)14-11-15-29(27)35)31(39)22-38(43(6,41)42)26-18-16-25(17-19-26)33(3,4)5/h8-19,23,30H,7,20-22H2,1-6H3,(H,36,40)/t23-,30-/m1/s1. The van der Waals surface area contributed by atoms with Crippen LogP contribution in [0.3, 0.4) is 0 Å². The van der Waals surface area contributed by atoms with Crippen molar-refractivity contribution in [1.82, 2.24) is 10.2 Å². The van der Waals surface area contributed by atoms with Crippen LogP contribution in [0.1, 0.15) is 57.7 Å². The van der Waals surface area contributed by atoms with Crippen LogP contribution in [0.5, 0.6) is 0 Å². The molecule has 7 nitrogen and oxygen atoms in total. The molecule has 2 atom stereocenters. The van der Waals surface area contributed by atoms with Gasteiger partial charge in [0.25, 0.3) is 0 Å². The highest BCUT2D eigenvalue weighted by atomic mass is 35.5. The summed E-state index contributed by atoms with van der Waals surface area (Å²) in [6, 6.07) is 20.4. The van der Waals surface area contributed by atoms with Crippen molar-refractivity contribution in [1.29, 1.82) is 0 Å². The fourth-order valence-electron chi connectivity index (χ4n) is 4.59. The predicted molar refractivity (Wildman–Crippen MR) is 176 cm³/mol. The van der Waals surface area contributed by atoms with E-state index in [1.807, 2.05) is 56.3 Å². The fourth-order valence-corrected chi connectivity index (χ4v) is 5.96. The van der Waals surface area contributed by atoms with Gasteiger partial charge in [-0.1, -0.05) is 99.4 Å². The third kappa shape index (κ3) is 9.46. The lowest BCUT2D eigenvalue weighted by Gasteiger charge is -2.34. The van der Waals surface area contributed by atoms with Crippen molar-refractivity contribution >= 4 is 50.7 Å². The molecular weight excluding hydrogens is 605 g/mol. The molecule has 43 heavy (non-hydrogen) atoms. The molecule has 2 amide bonds. The molecule has 0 aliphatic rings. The molecule has 3 rings (SSSR count). The van der Waals surface area contributed by atoms with E-state index in [9.17, 15) is 18.0 Å². The zero-order chi connectivity index (χ0) is 31.9. The van der Waals surface area contributed by atoms with E-state index in [0.29, 0.717) is 27.7 Å². The Hall–Kier alpha value is -3.07. The number of amides is 2. The second kappa shape index (κ2) is 14.6. The fraction of sp³-hybridized carbons (Fsp3) is 0.394. The van der Waals surface area contributed by atoms with Crippen molar-refractivity contribution in [3.8, 4) is 0 Å². The molecule has 0 fully saturated rings. The van der Waals surface area contributed by atoms with E-state index in [4.69, 9.17) is 23.2 Å². The molecule has 1 N–H and O–H groups in total. The van der Waals surface area contributed by atoms with Crippen LogP contribution < -0.4 is 9.62 Å². The maximum absolute atomic E-state index is 14.3. The predicted octanol–water partition coefficient (Wildman–Crippen LogP) is 6.61. The molecule has 0 aliphatic carbocycles. The Labute approximate surface area is 266 Å². The van der Waals surface area contributed by atoms with E-state index >= 15 is 0 Å². The molecule has 3 aromatic rings. The van der Waals surface area contributed by atoms with Crippen LogP contribution >= 0.6 is 23.2 Å². The minimum Gasteiger partial charge on any atom is -0.352 e. The normalized spacial score (nSPS) is 13.2. The van der Waals surface area contributed by atoms with Crippen LogP contribution in [-0.2, 0) is 38.0 Å². The Morgan fingerprint density at radius 2 is 1.49 bits per heavy atom. The number of halogens is 2. The highest BCUT2D eigenvalue weighted by Gasteiger charge is 2.34. The average Bonchev–Trinajstić information content (AvgIpc) is 2.94. The summed E-state index contributed by atoms with van der Waals surface area (Å²) in [5.41, 5.74) is 2.55. The molecule has 0 radical (unpaired) electrons. The summed E-state index contributed by atoms with van der Waals surface area (Å²) < 4.78 is 27.2. The molecule has 0 heterocycles. The van der Waals surface area contributed by atoms with Crippen molar-refractivity contribution < 1.29 is 18.0 Å². The SMILES string of the molecule is CC[C@@H](C)NC(=O)[C@@H](Cc1ccccc1)N(Cc1c(Cl)cccc1Cl)C(=O)CN(c1ccc(C(C)(C)C)cc1)S(C)(=O)=O. The van der Waals surface area contributed by atoms with Crippen molar-refractivity contribution in [2.24, 2.45) is 0 Å². The third-order valence-corrected chi connectivity index (χ3v) is 9.21. The Balaban J connectivity index is 2.10. The van der Waals surface area contributed by atoms with E-state index < -0.39 is 28.5 Å². The number of hydrogen-bond acceptors (Lipinski definition) is 4. The summed E-state index contributed by atoms with van der Waals surface area (Å²) in [6.45, 7) is 9.43. The van der Waals surface area contributed by atoms with Gasteiger partial charge in [0, 0.05) is 34.6 Å². The lowest BCUT2D eigenvalue weighted by molar-refractivity contribution is -0.140. The maximum Gasteiger partial charge on any atom is 0.244 e. The summed E-state index contributed by atoms with van der Waals surface area (Å²) in [5.74, 6) is -0.920. The smallest absolute Gasteiger partial charge is 0.244 e. The molecule has 0 saturated carbocycles. The van der Waals surface area contributed by atoms with Crippen LogP contribution in [0.4, 0.5) is 5.69 Å². The van der Waals surface area contributed by atoms with Gasteiger partial charge in [-0.15, -0.1) is 0 Å². The Morgan fingerprint density at radius 3 is 2.00 bits per heavy atom. The summed E-state index contributed by atoms with van der Waals surface area (Å²) in [7, 11) is -3.88. The first kappa shape index (κ1) is 34.4. The van der Waals surface area contributed by atoms with Gasteiger partial charge in [0.1, 0.15) is 12.6 Å². The van der Waals surface area contributed by atoms with E-state index in [0.717, 1.165) is 21.7 Å². The van der Waals surface area contributed by atoms with Crippen molar-refractivity contribution in [2.75, 3.05) is 17.1 Å². The summed E-state index contributed by atoms with van der Waals surface area (Å²) in [4.78, 5) is 29.5. The van der Waals surface area contributed by atoms with Gasteiger partial charge in [0.15, 0.2) is 0 Å². The zero-order valence-electron chi connectivity index (χ0n) is 25.6. The van der Waals surface area contributed by atoms with Crippen LogP contribution in [0, 0.1) is 0 Å².